The summed E-state index contributed by atoms with van der Waals surface area (Å²) in [6.45, 7) is 0. The maximum atomic E-state index is 11.7. The summed E-state index contributed by atoms with van der Waals surface area (Å²) >= 11 is 8.68. The van der Waals surface area contributed by atoms with E-state index in [9.17, 15) is 9.59 Å². The third kappa shape index (κ3) is 2.06. The second-order valence-corrected chi connectivity index (χ2v) is 6.45. The Morgan fingerprint density at radius 1 is 1.28 bits per heavy atom. The van der Waals surface area contributed by atoms with Crippen LogP contribution in [0.25, 0.3) is 5.57 Å². The summed E-state index contributed by atoms with van der Waals surface area (Å²) in [5.41, 5.74) is 1.97. The number of benzene rings is 1. The molecule has 92 valence electrons. The SMILES string of the molecule is O=C1NC(=O)/C(=C2\CCSc3cc(Cl)ccc32)S1. The number of carbonyl (C=O) groups is 2. The normalized spacial score (nSPS) is 22.9. The zero-order valence-electron chi connectivity index (χ0n) is 9.16. The molecule has 1 aromatic carbocycles. The first kappa shape index (κ1) is 12.1. The first-order valence-electron chi connectivity index (χ1n) is 5.34. The number of imide groups is 1. The van der Waals surface area contributed by atoms with Crippen LogP contribution in [0.4, 0.5) is 4.79 Å². The molecule has 6 heteroatoms. The summed E-state index contributed by atoms with van der Waals surface area (Å²) in [5, 5.41) is 2.69. The summed E-state index contributed by atoms with van der Waals surface area (Å²) in [5.74, 6) is 0.613. The summed E-state index contributed by atoms with van der Waals surface area (Å²) in [7, 11) is 0. The van der Waals surface area contributed by atoms with Crippen LogP contribution in [-0.4, -0.2) is 16.9 Å². The molecule has 0 atom stereocenters. The van der Waals surface area contributed by atoms with E-state index in [0.717, 1.165) is 40.0 Å². The number of nitrogens with one attached hydrogen (secondary N) is 1. The van der Waals surface area contributed by atoms with E-state index in [-0.39, 0.29) is 11.1 Å². The Morgan fingerprint density at radius 3 is 2.83 bits per heavy atom. The van der Waals surface area contributed by atoms with Crippen molar-refractivity contribution in [2.45, 2.75) is 11.3 Å². The van der Waals surface area contributed by atoms with Gasteiger partial charge in [0.2, 0.25) is 0 Å². The zero-order valence-corrected chi connectivity index (χ0v) is 11.5. The van der Waals surface area contributed by atoms with Crippen molar-refractivity contribution in [1.29, 1.82) is 0 Å². The van der Waals surface area contributed by atoms with E-state index in [1.54, 1.807) is 11.8 Å². The highest BCUT2D eigenvalue weighted by Crippen LogP contribution is 2.43. The Bertz CT molecular complexity index is 598. The van der Waals surface area contributed by atoms with Gasteiger partial charge in [0.1, 0.15) is 0 Å². The third-order valence-corrected chi connectivity index (χ3v) is 4.98. The van der Waals surface area contributed by atoms with Gasteiger partial charge in [0.25, 0.3) is 11.1 Å². The van der Waals surface area contributed by atoms with Gasteiger partial charge in [0, 0.05) is 15.7 Å². The van der Waals surface area contributed by atoms with E-state index >= 15 is 0 Å². The van der Waals surface area contributed by atoms with Crippen molar-refractivity contribution in [2.24, 2.45) is 0 Å². The smallest absolute Gasteiger partial charge is 0.282 e. The highest BCUT2D eigenvalue weighted by Gasteiger charge is 2.30. The molecule has 0 spiro atoms. The fourth-order valence-electron chi connectivity index (χ4n) is 2.01. The van der Waals surface area contributed by atoms with Gasteiger partial charge in [-0.2, -0.15) is 0 Å². The van der Waals surface area contributed by atoms with Crippen molar-refractivity contribution in [3.05, 3.63) is 33.7 Å². The monoisotopic (exact) mass is 297 g/mol. The predicted molar refractivity (Wildman–Crippen MR) is 74.8 cm³/mol. The fourth-order valence-corrected chi connectivity index (χ4v) is 4.14. The molecular formula is C12H8ClNO2S2. The number of thioether (sulfide) groups is 2. The van der Waals surface area contributed by atoms with Crippen molar-refractivity contribution in [3.8, 4) is 0 Å². The zero-order chi connectivity index (χ0) is 12.7. The van der Waals surface area contributed by atoms with E-state index in [2.05, 4.69) is 5.32 Å². The minimum absolute atomic E-state index is 0.284. The molecule has 0 aliphatic carbocycles. The lowest BCUT2D eigenvalue weighted by atomic mass is 10.0. The van der Waals surface area contributed by atoms with Crippen LogP contribution in [0.1, 0.15) is 12.0 Å². The van der Waals surface area contributed by atoms with Crippen LogP contribution in [0.2, 0.25) is 5.02 Å². The maximum Gasteiger partial charge on any atom is 0.290 e. The summed E-state index contributed by atoms with van der Waals surface area (Å²) in [6, 6.07) is 5.63. The number of amides is 2. The Hall–Kier alpha value is -0.910. The number of hydrogen-bond acceptors (Lipinski definition) is 4. The van der Waals surface area contributed by atoms with Crippen LogP contribution >= 0.6 is 35.1 Å². The molecule has 18 heavy (non-hydrogen) atoms. The summed E-state index contributed by atoms with van der Waals surface area (Å²) < 4.78 is 0. The van der Waals surface area contributed by atoms with Gasteiger partial charge in [-0.3, -0.25) is 14.9 Å². The van der Waals surface area contributed by atoms with Crippen molar-refractivity contribution < 1.29 is 9.59 Å². The Balaban J connectivity index is 2.14. The maximum absolute atomic E-state index is 11.7. The molecule has 2 amide bonds. The first-order valence-corrected chi connectivity index (χ1v) is 7.52. The second-order valence-electron chi connectivity index (χ2n) is 3.89. The highest BCUT2D eigenvalue weighted by atomic mass is 35.5. The van der Waals surface area contributed by atoms with Gasteiger partial charge in [-0.05, 0) is 41.5 Å². The Labute approximate surface area is 117 Å². The largest absolute Gasteiger partial charge is 0.290 e. The summed E-state index contributed by atoms with van der Waals surface area (Å²) in [4.78, 5) is 24.6. The average Bonchev–Trinajstić information content (AvgIpc) is 2.67. The molecule has 0 saturated carbocycles. The van der Waals surface area contributed by atoms with Crippen LogP contribution in [0, 0.1) is 0 Å². The quantitative estimate of drug-likeness (QED) is 0.744. The number of carbonyl (C=O) groups excluding carboxylic acids is 2. The molecule has 0 aromatic heterocycles. The molecule has 3 nitrogen and oxygen atoms in total. The molecule has 0 bridgehead atoms. The third-order valence-electron chi connectivity index (χ3n) is 2.77. The van der Waals surface area contributed by atoms with Crippen LogP contribution in [0.3, 0.4) is 0 Å². The van der Waals surface area contributed by atoms with Crippen molar-refractivity contribution in [3.63, 3.8) is 0 Å². The van der Waals surface area contributed by atoms with Gasteiger partial charge in [0.05, 0.1) is 4.91 Å². The Morgan fingerprint density at radius 2 is 2.11 bits per heavy atom. The van der Waals surface area contributed by atoms with Gasteiger partial charge < -0.3 is 0 Å². The first-order chi connectivity index (χ1) is 8.65. The highest BCUT2D eigenvalue weighted by molar-refractivity contribution is 8.18. The van der Waals surface area contributed by atoms with Gasteiger partial charge in [-0.25, -0.2) is 0 Å². The number of fused-ring (bicyclic) bond motifs is 1. The fraction of sp³-hybridized carbons (Fsp3) is 0.167. The average molecular weight is 298 g/mol. The minimum Gasteiger partial charge on any atom is -0.282 e. The molecule has 1 fully saturated rings. The van der Waals surface area contributed by atoms with Gasteiger partial charge in [-0.15, -0.1) is 11.8 Å². The van der Waals surface area contributed by atoms with Gasteiger partial charge in [0.15, 0.2) is 0 Å². The van der Waals surface area contributed by atoms with E-state index in [1.165, 1.54) is 0 Å². The van der Waals surface area contributed by atoms with Crippen molar-refractivity contribution in [1.82, 2.24) is 5.32 Å². The summed E-state index contributed by atoms with van der Waals surface area (Å²) in [6.07, 6.45) is 0.794. The molecule has 2 aliphatic heterocycles. The lowest BCUT2D eigenvalue weighted by molar-refractivity contribution is -0.115. The number of allylic oxidation sites excluding steroid dienone is 1. The molecule has 2 heterocycles. The second kappa shape index (κ2) is 4.64. The minimum atomic E-state index is -0.295. The van der Waals surface area contributed by atoms with E-state index in [0.29, 0.717) is 9.93 Å². The predicted octanol–water partition coefficient (Wildman–Crippen LogP) is 3.53. The van der Waals surface area contributed by atoms with Crippen molar-refractivity contribution >= 4 is 51.8 Å². The van der Waals surface area contributed by atoms with Crippen molar-refractivity contribution in [2.75, 3.05) is 5.75 Å². The van der Waals surface area contributed by atoms with Gasteiger partial charge >= 0.3 is 0 Å². The molecule has 0 unspecified atom stereocenters. The van der Waals surface area contributed by atoms with E-state index in [1.807, 2.05) is 18.2 Å². The van der Waals surface area contributed by atoms with Crippen LogP contribution in [0.5, 0.6) is 0 Å². The lowest BCUT2D eigenvalue weighted by Crippen LogP contribution is -2.18. The van der Waals surface area contributed by atoms with E-state index in [4.69, 9.17) is 11.6 Å². The standard InChI is InChI=1S/C12H8ClNO2S2/c13-6-1-2-7-8(3-4-17-9(7)5-6)10-11(15)14-12(16)18-10/h1-2,5H,3-4H2,(H,14,15,16)/b10-8-. The molecule has 1 saturated heterocycles. The number of rotatable bonds is 0. The van der Waals surface area contributed by atoms with Gasteiger partial charge in [-0.1, -0.05) is 17.7 Å². The molecular weight excluding hydrogens is 290 g/mol. The van der Waals surface area contributed by atoms with Crippen LogP contribution in [-0.2, 0) is 4.79 Å². The molecule has 1 N–H and O–H groups in total. The van der Waals surface area contributed by atoms with Crippen LogP contribution < -0.4 is 5.32 Å². The number of halogens is 1. The molecule has 2 aliphatic rings. The Kier molecular flexibility index (Phi) is 3.13. The van der Waals surface area contributed by atoms with E-state index < -0.39 is 0 Å². The molecule has 1 aromatic rings. The topological polar surface area (TPSA) is 46.2 Å². The number of hydrogen-bond donors (Lipinski definition) is 1. The lowest BCUT2D eigenvalue weighted by Gasteiger charge is -2.19. The molecule has 0 radical (unpaired) electrons. The molecule has 3 rings (SSSR count). The van der Waals surface area contributed by atoms with Crippen LogP contribution in [0.15, 0.2) is 28.0 Å².